The Labute approximate surface area is 294 Å². The Kier molecular flexibility index (Phi) is 10.0. The maximum absolute atomic E-state index is 14.5. The molecular weight excluding hydrogens is 672 g/mol. The van der Waals surface area contributed by atoms with Gasteiger partial charge in [0.15, 0.2) is 23.6 Å². The first-order valence-electron chi connectivity index (χ1n) is 16.6. The Morgan fingerprint density at radius 2 is 1.47 bits per heavy atom. The predicted octanol–water partition coefficient (Wildman–Crippen LogP) is 0.841. The molecule has 4 aliphatic rings. The number of hydrogen-bond acceptors (Lipinski definition) is 15. The molecule has 0 amide bonds. The molecule has 0 spiro atoms. The molecule has 278 valence electrons. The molecule has 1 aromatic carbocycles. The van der Waals surface area contributed by atoms with Gasteiger partial charge in [-0.3, -0.25) is 24.0 Å². The van der Waals surface area contributed by atoms with E-state index in [9.17, 15) is 44.1 Å². The molecule has 1 heterocycles. The summed E-state index contributed by atoms with van der Waals surface area (Å²) in [4.78, 5) is 80.2. The normalized spacial score (nSPS) is 39.8. The number of carbonyl (C=O) groups is 6. The van der Waals surface area contributed by atoms with Crippen molar-refractivity contribution in [3.63, 3.8) is 0 Å². The quantitative estimate of drug-likeness (QED) is 0.193. The van der Waals surface area contributed by atoms with Crippen LogP contribution in [0.3, 0.4) is 0 Å². The van der Waals surface area contributed by atoms with E-state index in [1.165, 1.54) is 26.0 Å². The summed E-state index contributed by atoms with van der Waals surface area (Å²) in [6.45, 7) is 9.05. The number of hydrogen-bond donors (Lipinski definition) is 3. The minimum Gasteiger partial charge on any atom is -0.462 e. The number of Topliss-reactive ketones (excluding diaryl/α,β-unsaturated/α-hetero) is 1. The fourth-order valence-corrected chi connectivity index (χ4v) is 9.41. The van der Waals surface area contributed by atoms with Crippen molar-refractivity contribution in [3.8, 4) is 0 Å². The fraction of sp³-hybridized carbons (Fsp3) is 0.611. The first-order valence-corrected chi connectivity index (χ1v) is 16.6. The third-order valence-corrected chi connectivity index (χ3v) is 11.4. The Bertz CT molecular complexity index is 1620. The molecule has 51 heavy (non-hydrogen) atoms. The number of aliphatic hydroxyl groups excluding tert-OH is 2. The van der Waals surface area contributed by atoms with Crippen molar-refractivity contribution in [2.45, 2.75) is 89.7 Å². The molecule has 4 fully saturated rings. The van der Waals surface area contributed by atoms with Gasteiger partial charge in [-0.05, 0) is 24.6 Å². The lowest BCUT2D eigenvalue weighted by atomic mass is 9.41. The van der Waals surface area contributed by atoms with Crippen LogP contribution >= 0.6 is 0 Å². The highest BCUT2D eigenvalue weighted by atomic mass is 16.6. The predicted molar refractivity (Wildman–Crippen MR) is 171 cm³/mol. The van der Waals surface area contributed by atoms with E-state index < -0.39 is 132 Å². The molecule has 4 bridgehead atoms. The van der Waals surface area contributed by atoms with Crippen LogP contribution in [0.15, 0.2) is 42.5 Å². The molecule has 0 aromatic heterocycles. The minimum absolute atomic E-state index is 0.0652. The van der Waals surface area contributed by atoms with Gasteiger partial charge in [-0.25, -0.2) is 4.79 Å². The van der Waals surface area contributed by atoms with E-state index in [1.54, 1.807) is 18.2 Å². The number of ketones is 1. The molecule has 3 aliphatic carbocycles. The van der Waals surface area contributed by atoms with Crippen LogP contribution in [0.25, 0.3) is 0 Å². The van der Waals surface area contributed by atoms with Crippen molar-refractivity contribution in [3.05, 3.63) is 48.0 Å². The number of ether oxygens (including phenoxy) is 6. The molecule has 12 atom stereocenters. The lowest BCUT2D eigenvalue weighted by Gasteiger charge is -2.66. The van der Waals surface area contributed by atoms with Crippen molar-refractivity contribution in [2.75, 3.05) is 19.8 Å². The molecule has 1 aromatic rings. The van der Waals surface area contributed by atoms with Gasteiger partial charge in [-0.15, -0.1) is 0 Å². The summed E-state index contributed by atoms with van der Waals surface area (Å²) in [7, 11) is 0. The zero-order valence-electron chi connectivity index (χ0n) is 29.3. The van der Waals surface area contributed by atoms with E-state index in [0.29, 0.717) is 0 Å². The van der Waals surface area contributed by atoms with E-state index in [4.69, 9.17) is 28.4 Å². The van der Waals surface area contributed by atoms with Crippen LogP contribution in [0, 0.1) is 28.6 Å². The highest BCUT2D eigenvalue weighted by molar-refractivity contribution is 5.94. The number of rotatable bonds is 8. The lowest BCUT2D eigenvalue weighted by molar-refractivity contribution is -0.308. The zero-order chi connectivity index (χ0) is 37.8. The Balaban J connectivity index is 1.95. The highest BCUT2D eigenvalue weighted by Crippen LogP contribution is 2.68. The van der Waals surface area contributed by atoms with Crippen LogP contribution in [0.5, 0.6) is 0 Å². The molecule has 3 N–H and O–H groups in total. The van der Waals surface area contributed by atoms with Crippen molar-refractivity contribution in [1.82, 2.24) is 0 Å². The van der Waals surface area contributed by atoms with Gasteiger partial charge in [-0.2, -0.15) is 0 Å². The summed E-state index contributed by atoms with van der Waals surface area (Å²) < 4.78 is 35.9. The first kappa shape index (κ1) is 38.1. The van der Waals surface area contributed by atoms with Gasteiger partial charge >= 0.3 is 29.8 Å². The molecule has 15 heteroatoms. The molecular formula is C36H44O15. The lowest BCUT2D eigenvalue weighted by Crippen LogP contribution is -2.82. The third kappa shape index (κ3) is 5.65. The van der Waals surface area contributed by atoms with Gasteiger partial charge in [-0.1, -0.05) is 31.7 Å². The summed E-state index contributed by atoms with van der Waals surface area (Å²) in [5.41, 5.74) is -8.71. The van der Waals surface area contributed by atoms with E-state index in [2.05, 4.69) is 6.58 Å². The topological polar surface area (TPSA) is 218 Å². The maximum Gasteiger partial charge on any atom is 0.338 e. The van der Waals surface area contributed by atoms with E-state index in [-0.39, 0.29) is 11.1 Å². The van der Waals surface area contributed by atoms with E-state index >= 15 is 0 Å². The van der Waals surface area contributed by atoms with Crippen molar-refractivity contribution < 1.29 is 72.5 Å². The number of fused-ring (bicyclic) bond motifs is 1. The van der Waals surface area contributed by atoms with Gasteiger partial charge in [0.2, 0.25) is 0 Å². The van der Waals surface area contributed by atoms with Crippen LogP contribution in [-0.4, -0.2) is 112 Å². The number of benzene rings is 1. The smallest absolute Gasteiger partial charge is 0.338 e. The second kappa shape index (κ2) is 13.4. The molecule has 1 saturated heterocycles. The van der Waals surface area contributed by atoms with Crippen LogP contribution < -0.4 is 0 Å². The average Bonchev–Trinajstić information content (AvgIpc) is 3.21. The monoisotopic (exact) mass is 716 g/mol. The first-order chi connectivity index (χ1) is 23.8. The number of esters is 5. The van der Waals surface area contributed by atoms with Crippen LogP contribution in [0.4, 0.5) is 0 Å². The summed E-state index contributed by atoms with van der Waals surface area (Å²) in [5.74, 6) is -9.76. The average molecular weight is 717 g/mol. The highest BCUT2D eigenvalue weighted by Gasteiger charge is 2.85. The number of carbonyl (C=O) groups excluding carboxylic acids is 6. The molecule has 5 rings (SSSR count). The molecule has 0 radical (unpaired) electrons. The number of aliphatic hydroxyl groups is 3. The Morgan fingerprint density at radius 3 is 2.02 bits per heavy atom. The maximum atomic E-state index is 14.5. The van der Waals surface area contributed by atoms with Crippen LogP contribution in [-0.2, 0) is 52.4 Å². The van der Waals surface area contributed by atoms with Crippen LogP contribution in [0.1, 0.15) is 58.3 Å². The van der Waals surface area contributed by atoms with Crippen LogP contribution in [0.2, 0.25) is 0 Å². The Morgan fingerprint density at radius 1 is 0.902 bits per heavy atom. The second-order valence-corrected chi connectivity index (χ2v) is 14.3. The van der Waals surface area contributed by atoms with Crippen molar-refractivity contribution >= 4 is 35.6 Å². The summed E-state index contributed by atoms with van der Waals surface area (Å²) in [6.07, 6.45) is -9.11. The fourth-order valence-electron chi connectivity index (χ4n) is 9.41. The SMILES string of the molecule is C=C1C(O)CC(OC(C)=O)C2(COC(=O)c3ccccc3)C(OC(C)=O)C(OC(C)=O)C3(O)C4(C)OCC3(C)C(C(CO)C4=O)C(OC(C)=O)C12. The van der Waals surface area contributed by atoms with Crippen molar-refractivity contribution in [2.24, 2.45) is 28.6 Å². The van der Waals surface area contributed by atoms with E-state index in [1.807, 2.05) is 0 Å². The zero-order valence-corrected chi connectivity index (χ0v) is 29.3. The molecule has 3 saturated carbocycles. The molecule has 15 nitrogen and oxygen atoms in total. The van der Waals surface area contributed by atoms with Gasteiger partial charge in [0.05, 0.1) is 36.2 Å². The Hall–Kier alpha value is -4.18. The minimum atomic E-state index is -2.61. The summed E-state index contributed by atoms with van der Waals surface area (Å²) in [5, 5.41) is 35.6. The molecule has 1 aliphatic heterocycles. The van der Waals surface area contributed by atoms with Gasteiger partial charge in [0.25, 0.3) is 0 Å². The largest absolute Gasteiger partial charge is 0.462 e. The van der Waals surface area contributed by atoms with Gasteiger partial charge in [0.1, 0.15) is 24.4 Å². The van der Waals surface area contributed by atoms with E-state index in [0.717, 1.165) is 27.7 Å². The second-order valence-electron chi connectivity index (χ2n) is 14.3. The van der Waals surface area contributed by atoms with Gasteiger partial charge < -0.3 is 43.7 Å². The van der Waals surface area contributed by atoms with Gasteiger partial charge in [0, 0.05) is 51.4 Å². The van der Waals surface area contributed by atoms with Crippen molar-refractivity contribution in [1.29, 1.82) is 0 Å². The summed E-state index contributed by atoms with van der Waals surface area (Å²) in [6, 6.07) is 7.78. The third-order valence-electron chi connectivity index (χ3n) is 11.4. The molecule has 12 unspecified atom stereocenters. The standard InChI is InChI=1S/C36H44O15/c1-17-24(42)13-25(48-18(2)38)35(16-46-32(44)22-11-9-8-10-12-22)26(17)28(49-19(3)39)27-23(14-37)29(43)34(7)36(45,33(27,6)15-47-34)31(51-21(5)41)30(35)50-20(4)40/h8-12,23-28,30-31,37,42,45H,1,13-16H2,2-7H3. The summed E-state index contributed by atoms with van der Waals surface area (Å²) >= 11 is 0.